The molecule has 3 N–H and O–H groups in total. The second-order valence-electron chi connectivity index (χ2n) is 5.68. The van der Waals surface area contributed by atoms with Gasteiger partial charge >= 0.3 is 6.16 Å². The van der Waals surface area contributed by atoms with E-state index in [2.05, 4.69) is 12.2 Å². The van der Waals surface area contributed by atoms with Crippen LogP contribution in [0.4, 0.5) is 9.18 Å². The van der Waals surface area contributed by atoms with E-state index in [1.54, 1.807) is 12.1 Å². The van der Waals surface area contributed by atoms with E-state index >= 15 is 0 Å². The molecule has 0 heterocycles. The van der Waals surface area contributed by atoms with Crippen LogP contribution >= 0.6 is 11.6 Å². The van der Waals surface area contributed by atoms with Gasteiger partial charge in [-0.25, -0.2) is 9.18 Å². The summed E-state index contributed by atoms with van der Waals surface area (Å²) in [5.74, 6) is 0.181. The molecular formula is C16H21ClFNO4. The molecule has 2 rings (SSSR count). The number of benzene rings is 1. The second kappa shape index (κ2) is 9.35. The van der Waals surface area contributed by atoms with Crippen molar-refractivity contribution in [3.63, 3.8) is 0 Å². The molecule has 1 saturated carbocycles. The Morgan fingerprint density at radius 1 is 1.26 bits per heavy atom. The summed E-state index contributed by atoms with van der Waals surface area (Å²) in [5.41, 5.74) is 0.283. The summed E-state index contributed by atoms with van der Waals surface area (Å²) in [6.45, 7) is 2.23. The zero-order chi connectivity index (χ0) is 17.4. The van der Waals surface area contributed by atoms with Gasteiger partial charge in [0.25, 0.3) is 0 Å². The molecule has 0 atom stereocenters. The van der Waals surface area contributed by atoms with Crippen molar-refractivity contribution in [3.05, 3.63) is 34.6 Å². The lowest BCUT2D eigenvalue weighted by Gasteiger charge is -2.27. The normalized spacial score (nSPS) is 20.1. The van der Waals surface area contributed by atoms with Gasteiger partial charge in [-0.05, 0) is 43.7 Å². The average Bonchev–Trinajstić information content (AvgIpc) is 2.45. The molecule has 7 heteroatoms. The minimum atomic E-state index is -1.83. The Kier molecular flexibility index (Phi) is 7.81. The first-order valence-corrected chi connectivity index (χ1v) is 7.81. The maximum atomic E-state index is 13.6. The molecule has 23 heavy (non-hydrogen) atoms. The summed E-state index contributed by atoms with van der Waals surface area (Å²) < 4.78 is 13.6. The van der Waals surface area contributed by atoms with E-state index in [-0.39, 0.29) is 23.9 Å². The summed E-state index contributed by atoms with van der Waals surface area (Å²) in [4.78, 5) is 20.5. The Bertz CT molecular complexity index is 521. The summed E-state index contributed by atoms with van der Waals surface area (Å²) in [5, 5.41) is 17.2. The molecular weight excluding hydrogens is 325 g/mol. The molecule has 5 nitrogen and oxygen atoms in total. The largest absolute Gasteiger partial charge is 0.503 e. The van der Waals surface area contributed by atoms with E-state index in [0.29, 0.717) is 5.02 Å². The van der Waals surface area contributed by atoms with Crippen molar-refractivity contribution in [2.75, 3.05) is 0 Å². The molecule has 1 aromatic rings. The van der Waals surface area contributed by atoms with Crippen molar-refractivity contribution in [2.45, 2.75) is 45.1 Å². The van der Waals surface area contributed by atoms with Crippen molar-refractivity contribution < 1.29 is 24.2 Å². The fourth-order valence-corrected chi connectivity index (χ4v) is 2.77. The lowest BCUT2D eigenvalue weighted by molar-refractivity contribution is -0.121. The number of hydrogen-bond donors (Lipinski definition) is 3. The summed E-state index contributed by atoms with van der Waals surface area (Å²) >= 11 is 5.92. The molecule has 1 aliphatic carbocycles. The first-order valence-electron chi connectivity index (χ1n) is 7.43. The third kappa shape index (κ3) is 7.32. The van der Waals surface area contributed by atoms with E-state index in [4.69, 9.17) is 26.6 Å². The molecule has 128 valence electrons. The lowest BCUT2D eigenvalue weighted by atomic mass is 9.87. The van der Waals surface area contributed by atoms with Crippen LogP contribution in [0.2, 0.25) is 5.02 Å². The van der Waals surface area contributed by atoms with Crippen LogP contribution in [0.3, 0.4) is 0 Å². The third-order valence-corrected chi connectivity index (χ3v) is 4.13. The Morgan fingerprint density at radius 3 is 2.35 bits per heavy atom. The van der Waals surface area contributed by atoms with Crippen LogP contribution < -0.4 is 5.32 Å². The highest BCUT2D eigenvalue weighted by molar-refractivity contribution is 6.31. The van der Waals surface area contributed by atoms with Gasteiger partial charge in [0.05, 0.1) is 6.42 Å². The van der Waals surface area contributed by atoms with Gasteiger partial charge in [-0.1, -0.05) is 24.6 Å². The number of halogens is 2. The molecule has 1 fully saturated rings. The fraction of sp³-hybridized carbons (Fsp3) is 0.500. The quantitative estimate of drug-likeness (QED) is 0.774. The third-order valence-electron chi connectivity index (χ3n) is 3.78. The van der Waals surface area contributed by atoms with Crippen LogP contribution in [0, 0.1) is 11.7 Å². The van der Waals surface area contributed by atoms with Gasteiger partial charge in [0.1, 0.15) is 5.82 Å². The summed E-state index contributed by atoms with van der Waals surface area (Å²) in [7, 11) is 0. The number of carbonyl (C=O) groups excluding carboxylic acids is 1. The predicted molar refractivity (Wildman–Crippen MR) is 85.3 cm³/mol. The highest BCUT2D eigenvalue weighted by atomic mass is 35.5. The van der Waals surface area contributed by atoms with Gasteiger partial charge in [-0.15, -0.1) is 0 Å². The van der Waals surface area contributed by atoms with Crippen molar-refractivity contribution in [2.24, 2.45) is 5.92 Å². The van der Waals surface area contributed by atoms with Crippen molar-refractivity contribution >= 4 is 23.7 Å². The summed E-state index contributed by atoms with van der Waals surface area (Å²) in [6.07, 6.45) is 2.49. The van der Waals surface area contributed by atoms with Gasteiger partial charge in [-0.2, -0.15) is 0 Å². The Hall–Kier alpha value is -1.82. The van der Waals surface area contributed by atoms with E-state index in [1.165, 1.54) is 6.07 Å². The molecule has 1 aromatic carbocycles. The fourth-order valence-electron chi connectivity index (χ4n) is 2.54. The number of nitrogens with one attached hydrogen (secondary N) is 1. The SMILES string of the molecule is CC1CCC(NC(=O)Cc2c(F)cccc2Cl)CC1.O=C(O)O. The molecule has 1 aliphatic rings. The molecule has 0 unspecified atom stereocenters. The molecule has 0 radical (unpaired) electrons. The second-order valence-corrected chi connectivity index (χ2v) is 6.09. The molecule has 0 saturated heterocycles. The zero-order valence-corrected chi connectivity index (χ0v) is 13.6. The number of amides is 1. The first-order chi connectivity index (χ1) is 10.8. The van der Waals surface area contributed by atoms with Crippen LogP contribution in [0.5, 0.6) is 0 Å². The maximum Gasteiger partial charge on any atom is 0.503 e. The standard InChI is InChI=1S/C15H19ClFNO.CH2O3/c1-10-5-7-11(8-6-10)18-15(19)9-12-13(16)3-2-4-14(12)17;2-1(3)4/h2-4,10-11H,5-9H2,1H3,(H,18,19);(H2,2,3,4). The van der Waals surface area contributed by atoms with E-state index in [9.17, 15) is 9.18 Å². The monoisotopic (exact) mass is 345 g/mol. The highest BCUT2D eigenvalue weighted by Gasteiger charge is 2.20. The van der Waals surface area contributed by atoms with Crippen LogP contribution in [-0.4, -0.2) is 28.3 Å². The van der Waals surface area contributed by atoms with E-state index < -0.39 is 12.0 Å². The Labute approximate surface area is 139 Å². The van der Waals surface area contributed by atoms with E-state index in [1.807, 2.05) is 0 Å². The smallest absolute Gasteiger partial charge is 0.450 e. The Morgan fingerprint density at radius 2 is 1.83 bits per heavy atom. The number of hydrogen-bond acceptors (Lipinski definition) is 2. The molecule has 0 aromatic heterocycles. The van der Waals surface area contributed by atoms with Crippen molar-refractivity contribution in [3.8, 4) is 0 Å². The number of carboxylic acid groups (broad SMARTS) is 2. The van der Waals surface area contributed by atoms with Crippen molar-refractivity contribution in [1.29, 1.82) is 0 Å². The van der Waals surface area contributed by atoms with Gasteiger partial charge in [0.15, 0.2) is 0 Å². The highest BCUT2D eigenvalue weighted by Crippen LogP contribution is 2.24. The van der Waals surface area contributed by atoms with Crippen molar-refractivity contribution in [1.82, 2.24) is 5.32 Å². The first kappa shape index (κ1) is 19.2. The zero-order valence-electron chi connectivity index (χ0n) is 12.9. The Balaban J connectivity index is 0.000000593. The number of rotatable bonds is 3. The van der Waals surface area contributed by atoms with Crippen LogP contribution in [0.15, 0.2) is 18.2 Å². The molecule has 1 amide bonds. The maximum absolute atomic E-state index is 13.6. The van der Waals surface area contributed by atoms with Gasteiger partial charge in [-0.3, -0.25) is 4.79 Å². The van der Waals surface area contributed by atoms with Crippen LogP contribution in [0.1, 0.15) is 38.2 Å². The molecule has 0 spiro atoms. The lowest BCUT2D eigenvalue weighted by Crippen LogP contribution is -2.38. The molecule has 0 aliphatic heterocycles. The topological polar surface area (TPSA) is 86.6 Å². The number of carbonyl (C=O) groups is 2. The summed E-state index contributed by atoms with van der Waals surface area (Å²) in [6, 6.07) is 4.71. The van der Waals surface area contributed by atoms with Gasteiger partial charge in [0, 0.05) is 16.6 Å². The van der Waals surface area contributed by atoms with Crippen LogP contribution in [0.25, 0.3) is 0 Å². The average molecular weight is 346 g/mol. The van der Waals surface area contributed by atoms with Gasteiger partial charge in [0.2, 0.25) is 5.91 Å². The van der Waals surface area contributed by atoms with E-state index in [0.717, 1.165) is 31.6 Å². The minimum absolute atomic E-state index is 0.0115. The molecule has 0 bridgehead atoms. The van der Waals surface area contributed by atoms with Crippen LogP contribution in [-0.2, 0) is 11.2 Å². The minimum Gasteiger partial charge on any atom is -0.450 e. The van der Waals surface area contributed by atoms with Gasteiger partial charge < -0.3 is 15.5 Å². The predicted octanol–water partition coefficient (Wildman–Crippen LogP) is 3.94.